The topological polar surface area (TPSA) is 70.5 Å². The SMILES string of the molecule is Cc1ccc[nH][nH]cc1Cc1ccc(N)nc1. The molecule has 0 fully saturated rings. The van der Waals surface area contributed by atoms with Gasteiger partial charge in [0.15, 0.2) is 0 Å². The minimum absolute atomic E-state index is 0.551. The van der Waals surface area contributed by atoms with E-state index in [1.807, 2.05) is 36.8 Å². The summed E-state index contributed by atoms with van der Waals surface area (Å²) >= 11 is 0. The predicted molar refractivity (Wildman–Crippen MR) is 69.0 cm³/mol. The zero-order valence-electron chi connectivity index (χ0n) is 9.77. The van der Waals surface area contributed by atoms with Gasteiger partial charge in [0.05, 0.1) is 0 Å². The van der Waals surface area contributed by atoms with Gasteiger partial charge in [-0.2, -0.15) is 0 Å². The summed E-state index contributed by atoms with van der Waals surface area (Å²) in [7, 11) is 0. The van der Waals surface area contributed by atoms with Crippen LogP contribution >= 0.6 is 0 Å². The second-order valence-electron chi connectivity index (χ2n) is 3.94. The van der Waals surface area contributed by atoms with Gasteiger partial charge >= 0.3 is 0 Å². The zero-order chi connectivity index (χ0) is 12.1. The van der Waals surface area contributed by atoms with Crippen molar-refractivity contribution in [3.8, 4) is 0 Å². The molecule has 0 unspecified atom stereocenters. The highest BCUT2D eigenvalue weighted by Crippen LogP contribution is 2.11. The summed E-state index contributed by atoms with van der Waals surface area (Å²) in [5, 5.41) is 5.96. The molecule has 0 aliphatic carbocycles. The maximum Gasteiger partial charge on any atom is 0.123 e. The van der Waals surface area contributed by atoms with E-state index in [1.165, 1.54) is 11.1 Å². The monoisotopic (exact) mass is 228 g/mol. The molecule has 0 amide bonds. The quantitative estimate of drug-likeness (QED) is 0.738. The highest BCUT2D eigenvalue weighted by molar-refractivity contribution is 5.33. The number of hydrogen-bond acceptors (Lipinski definition) is 2. The largest absolute Gasteiger partial charge is 0.384 e. The van der Waals surface area contributed by atoms with Crippen molar-refractivity contribution >= 4 is 5.82 Å². The van der Waals surface area contributed by atoms with Crippen LogP contribution in [0.15, 0.2) is 42.9 Å². The van der Waals surface area contributed by atoms with Crippen LogP contribution in [0.2, 0.25) is 0 Å². The number of aryl methyl sites for hydroxylation is 1. The fraction of sp³-hybridized carbons (Fsp3) is 0.154. The van der Waals surface area contributed by atoms with Crippen molar-refractivity contribution in [2.75, 3.05) is 5.73 Å². The second kappa shape index (κ2) is 5.21. The number of hydrogen-bond donors (Lipinski definition) is 3. The summed E-state index contributed by atoms with van der Waals surface area (Å²) in [6.07, 6.45) is 6.46. The molecule has 4 N–H and O–H groups in total. The van der Waals surface area contributed by atoms with Crippen LogP contribution in [0.3, 0.4) is 0 Å². The summed E-state index contributed by atoms with van der Waals surface area (Å²) in [5.74, 6) is 0.551. The third-order valence-electron chi connectivity index (χ3n) is 2.60. The van der Waals surface area contributed by atoms with E-state index in [0.29, 0.717) is 5.82 Å². The van der Waals surface area contributed by atoms with Crippen LogP contribution in [0.25, 0.3) is 0 Å². The maximum absolute atomic E-state index is 5.56. The van der Waals surface area contributed by atoms with Gasteiger partial charge in [-0.1, -0.05) is 12.1 Å². The van der Waals surface area contributed by atoms with Crippen LogP contribution in [0.4, 0.5) is 5.82 Å². The Bertz CT molecular complexity index is 521. The first kappa shape index (κ1) is 11.3. The first-order valence-corrected chi connectivity index (χ1v) is 5.50. The van der Waals surface area contributed by atoms with Crippen LogP contribution in [-0.4, -0.2) is 15.2 Å². The molecule has 2 rings (SSSR count). The molecule has 17 heavy (non-hydrogen) atoms. The third-order valence-corrected chi connectivity index (χ3v) is 2.60. The van der Waals surface area contributed by atoms with Gasteiger partial charge < -0.3 is 15.9 Å². The molecule has 0 saturated carbocycles. The molecule has 0 aromatic carbocycles. The number of nitrogen functional groups attached to an aromatic ring is 1. The summed E-state index contributed by atoms with van der Waals surface area (Å²) in [6, 6.07) is 7.86. The summed E-state index contributed by atoms with van der Waals surface area (Å²) in [5.41, 5.74) is 9.15. The standard InChI is InChI=1S/C13H16N4/c1-10-3-2-6-16-17-9-12(10)7-11-4-5-13(14)15-8-11/h2-6,8-9,16-17H,7H2,1H3,(H2,14,15). The Hall–Kier alpha value is -2.23. The molecule has 2 aromatic rings. The van der Waals surface area contributed by atoms with Crippen molar-refractivity contribution in [2.24, 2.45) is 0 Å². The van der Waals surface area contributed by atoms with Crippen LogP contribution in [0.5, 0.6) is 0 Å². The first-order valence-electron chi connectivity index (χ1n) is 5.50. The van der Waals surface area contributed by atoms with E-state index in [9.17, 15) is 0 Å². The molecule has 0 bridgehead atoms. The van der Waals surface area contributed by atoms with Crippen molar-refractivity contribution < 1.29 is 0 Å². The number of pyridine rings is 1. The molecule has 0 atom stereocenters. The van der Waals surface area contributed by atoms with Gasteiger partial charge in [-0.25, -0.2) is 4.98 Å². The van der Waals surface area contributed by atoms with Gasteiger partial charge in [0.25, 0.3) is 0 Å². The Morgan fingerprint density at radius 3 is 2.88 bits per heavy atom. The van der Waals surface area contributed by atoms with E-state index < -0.39 is 0 Å². The Morgan fingerprint density at radius 2 is 2.12 bits per heavy atom. The predicted octanol–water partition coefficient (Wildman–Crippen LogP) is 2.34. The highest BCUT2D eigenvalue weighted by atomic mass is 15.1. The number of aromatic nitrogens is 3. The molecule has 0 spiro atoms. The maximum atomic E-state index is 5.56. The van der Waals surface area contributed by atoms with Gasteiger partial charge in [0, 0.05) is 25.0 Å². The highest BCUT2D eigenvalue weighted by Gasteiger charge is 1.98. The van der Waals surface area contributed by atoms with Crippen molar-refractivity contribution in [1.29, 1.82) is 0 Å². The van der Waals surface area contributed by atoms with Crippen LogP contribution in [0.1, 0.15) is 16.7 Å². The molecule has 0 aliphatic rings. The van der Waals surface area contributed by atoms with Gasteiger partial charge in [0.2, 0.25) is 0 Å². The smallest absolute Gasteiger partial charge is 0.123 e. The molecule has 4 heteroatoms. The number of nitrogens with one attached hydrogen (secondary N) is 2. The zero-order valence-corrected chi connectivity index (χ0v) is 9.77. The van der Waals surface area contributed by atoms with Gasteiger partial charge in [0.1, 0.15) is 5.82 Å². The summed E-state index contributed by atoms with van der Waals surface area (Å²) < 4.78 is 0. The van der Waals surface area contributed by atoms with Crippen LogP contribution in [-0.2, 0) is 6.42 Å². The number of nitrogens with zero attached hydrogens (tertiary/aromatic N) is 1. The normalized spacial score (nSPS) is 9.94. The molecule has 4 nitrogen and oxygen atoms in total. The average molecular weight is 228 g/mol. The molecule has 2 aromatic heterocycles. The number of anilines is 1. The fourth-order valence-electron chi connectivity index (χ4n) is 1.59. The van der Waals surface area contributed by atoms with Gasteiger partial charge in [-0.15, -0.1) is 0 Å². The lowest BCUT2D eigenvalue weighted by Crippen LogP contribution is -1.95. The Kier molecular flexibility index (Phi) is 3.45. The Morgan fingerprint density at radius 1 is 1.24 bits per heavy atom. The van der Waals surface area contributed by atoms with E-state index in [0.717, 1.165) is 12.0 Å². The second-order valence-corrected chi connectivity index (χ2v) is 3.94. The lowest BCUT2D eigenvalue weighted by molar-refractivity contribution is 1.01. The van der Waals surface area contributed by atoms with Crippen LogP contribution < -0.4 is 5.73 Å². The Labute approximate surface area is 100 Å². The van der Waals surface area contributed by atoms with Crippen molar-refractivity contribution in [1.82, 2.24) is 15.2 Å². The molecule has 0 aliphatic heterocycles. The van der Waals surface area contributed by atoms with E-state index in [-0.39, 0.29) is 0 Å². The van der Waals surface area contributed by atoms with Crippen LogP contribution in [0, 0.1) is 6.92 Å². The van der Waals surface area contributed by atoms with E-state index in [1.54, 1.807) is 0 Å². The number of H-pyrrole nitrogens is 2. The van der Waals surface area contributed by atoms with E-state index >= 15 is 0 Å². The van der Waals surface area contributed by atoms with Gasteiger partial charge in [-0.05, 0) is 35.7 Å². The molecule has 2 heterocycles. The fourth-order valence-corrected chi connectivity index (χ4v) is 1.59. The lowest BCUT2D eigenvalue weighted by atomic mass is 10.1. The lowest BCUT2D eigenvalue weighted by Gasteiger charge is -2.04. The first-order chi connectivity index (χ1) is 8.25. The molecule has 88 valence electrons. The summed E-state index contributed by atoms with van der Waals surface area (Å²) in [4.78, 5) is 4.09. The molecular weight excluding hydrogens is 212 g/mol. The number of aromatic amines is 2. The number of nitrogens with two attached hydrogens (primary N) is 1. The third kappa shape index (κ3) is 3.11. The average Bonchev–Trinajstić information content (AvgIpc) is 2.31. The molecular formula is C13H16N4. The van der Waals surface area contributed by atoms with Crippen molar-refractivity contribution in [2.45, 2.75) is 13.3 Å². The van der Waals surface area contributed by atoms with Crippen molar-refractivity contribution in [3.05, 3.63) is 59.5 Å². The van der Waals surface area contributed by atoms with E-state index in [2.05, 4.69) is 28.2 Å². The Balaban J connectivity index is 2.30. The summed E-state index contributed by atoms with van der Waals surface area (Å²) in [6.45, 7) is 2.09. The van der Waals surface area contributed by atoms with Gasteiger partial charge in [-0.3, -0.25) is 0 Å². The minimum atomic E-state index is 0.551. The minimum Gasteiger partial charge on any atom is -0.384 e. The molecule has 0 saturated heterocycles. The number of rotatable bonds is 2. The molecule has 0 radical (unpaired) electrons. The van der Waals surface area contributed by atoms with Crippen molar-refractivity contribution in [3.63, 3.8) is 0 Å². The van der Waals surface area contributed by atoms with E-state index in [4.69, 9.17) is 5.73 Å².